The van der Waals surface area contributed by atoms with Crippen molar-refractivity contribution in [3.8, 4) is 0 Å². The summed E-state index contributed by atoms with van der Waals surface area (Å²) in [5.41, 5.74) is 8.21. The molecule has 0 amide bonds. The quantitative estimate of drug-likeness (QED) is 0.713. The first-order chi connectivity index (χ1) is 6.19. The number of rotatable bonds is 4. The van der Waals surface area contributed by atoms with Crippen molar-refractivity contribution >= 4 is 0 Å². The average Bonchev–Trinajstić information content (AvgIpc) is 2.47. The number of hydrogen-bond acceptors (Lipinski definition) is 2. The molecule has 0 radical (unpaired) electrons. The number of aryl methyl sites for hydroxylation is 2. The van der Waals surface area contributed by atoms with Gasteiger partial charge in [0.15, 0.2) is 0 Å². The van der Waals surface area contributed by atoms with Crippen molar-refractivity contribution in [1.29, 1.82) is 0 Å². The third-order valence-corrected chi connectivity index (χ3v) is 2.09. The lowest BCUT2D eigenvalue weighted by Crippen LogP contribution is -2.10. The van der Waals surface area contributed by atoms with Gasteiger partial charge in [-0.3, -0.25) is 4.68 Å². The molecule has 1 rings (SSSR count). The van der Waals surface area contributed by atoms with Crippen molar-refractivity contribution in [3.05, 3.63) is 30.1 Å². The third kappa shape index (κ3) is 2.18. The Balaban J connectivity index is 2.90. The van der Waals surface area contributed by atoms with E-state index >= 15 is 0 Å². The zero-order valence-corrected chi connectivity index (χ0v) is 8.33. The summed E-state index contributed by atoms with van der Waals surface area (Å²) in [6.07, 6.45) is 5.57. The molecule has 1 atom stereocenters. The molecular weight excluding hydrogens is 162 g/mol. The van der Waals surface area contributed by atoms with E-state index in [4.69, 9.17) is 5.73 Å². The van der Waals surface area contributed by atoms with Crippen molar-refractivity contribution in [2.24, 2.45) is 12.8 Å². The minimum Gasteiger partial charge on any atom is -0.324 e. The topological polar surface area (TPSA) is 43.8 Å². The van der Waals surface area contributed by atoms with Gasteiger partial charge in [-0.25, -0.2) is 0 Å². The number of nitrogens with two attached hydrogens (primary N) is 1. The van der Waals surface area contributed by atoms with E-state index in [-0.39, 0.29) is 6.04 Å². The highest BCUT2D eigenvalue weighted by atomic mass is 15.3. The van der Waals surface area contributed by atoms with Crippen LogP contribution in [0.3, 0.4) is 0 Å². The van der Waals surface area contributed by atoms with Gasteiger partial charge in [-0.1, -0.05) is 13.0 Å². The van der Waals surface area contributed by atoms with E-state index in [9.17, 15) is 0 Å². The fourth-order valence-corrected chi connectivity index (χ4v) is 1.44. The first-order valence-corrected chi connectivity index (χ1v) is 4.58. The van der Waals surface area contributed by atoms with E-state index in [1.807, 2.05) is 24.0 Å². The van der Waals surface area contributed by atoms with Crippen molar-refractivity contribution in [2.75, 3.05) is 0 Å². The first kappa shape index (κ1) is 9.99. The lowest BCUT2D eigenvalue weighted by Gasteiger charge is -2.07. The summed E-state index contributed by atoms with van der Waals surface area (Å²) in [6, 6.07) is 0.0427. The summed E-state index contributed by atoms with van der Waals surface area (Å²) >= 11 is 0. The molecule has 1 heterocycles. The Morgan fingerprint density at radius 2 is 2.46 bits per heavy atom. The molecule has 1 aromatic heterocycles. The van der Waals surface area contributed by atoms with E-state index < -0.39 is 0 Å². The van der Waals surface area contributed by atoms with E-state index in [2.05, 4.69) is 18.6 Å². The van der Waals surface area contributed by atoms with Gasteiger partial charge in [0.05, 0.1) is 5.69 Å². The van der Waals surface area contributed by atoms with Gasteiger partial charge in [-0.2, -0.15) is 5.10 Å². The molecule has 0 saturated carbocycles. The van der Waals surface area contributed by atoms with E-state index in [1.54, 1.807) is 0 Å². The molecule has 3 nitrogen and oxygen atoms in total. The Hall–Kier alpha value is -1.09. The summed E-state index contributed by atoms with van der Waals surface area (Å²) in [5, 5.41) is 4.33. The van der Waals surface area contributed by atoms with Gasteiger partial charge in [0.25, 0.3) is 0 Å². The summed E-state index contributed by atoms with van der Waals surface area (Å²) < 4.78 is 1.82. The van der Waals surface area contributed by atoms with E-state index in [1.165, 1.54) is 0 Å². The van der Waals surface area contributed by atoms with Crippen molar-refractivity contribution in [1.82, 2.24) is 9.78 Å². The molecule has 0 saturated heterocycles. The third-order valence-electron chi connectivity index (χ3n) is 2.09. The second-order valence-electron chi connectivity index (χ2n) is 3.19. The maximum Gasteiger partial charge on any atom is 0.0669 e. The summed E-state index contributed by atoms with van der Waals surface area (Å²) in [7, 11) is 1.92. The minimum atomic E-state index is 0.0427. The molecule has 0 bridgehead atoms. The van der Waals surface area contributed by atoms with E-state index in [0.717, 1.165) is 24.1 Å². The lowest BCUT2D eigenvalue weighted by atomic mass is 10.0. The van der Waals surface area contributed by atoms with Crippen LogP contribution < -0.4 is 5.73 Å². The van der Waals surface area contributed by atoms with Gasteiger partial charge in [0.2, 0.25) is 0 Å². The van der Waals surface area contributed by atoms with Crippen LogP contribution >= 0.6 is 0 Å². The van der Waals surface area contributed by atoms with Crippen LogP contribution in [0.1, 0.15) is 30.6 Å². The second kappa shape index (κ2) is 4.23. The minimum absolute atomic E-state index is 0.0427. The smallest absolute Gasteiger partial charge is 0.0669 e. The SMILES string of the molecule is C=CCC(N)c1cn(C)nc1CC. The van der Waals surface area contributed by atoms with Gasteiger partial charge >= 0.3 is 0 Å². The predicted molar refractivity (Wildman–Crippen MR) is 54.3 cm³/mol. The highest BCUT2D eigenvalue weighted by Crippen LogP contribution is 2.18. The molecule has 1 unspecified atom stereocenters. The Morgan fingerprint density at radius 1 is 1.77 bits per heavy atom. The molecule has 1 aromatic rings. The number of hydrogen-bond donors (Lipinski definition) is 1. The maximum atomic E-state index is 5.97. The standard InChI is InChI=1S/C10H17N3/c1-4-6-9(11)8-7-13(3)12-10(8)5-2/h4,7,9H,1,5-6,11H2,2-3H3. The van der Waals surface area contributed by atoms with Crippen LogP contribution in [0.25, 0.3) is 0 Å². The van der Waals surface area contributed by atoms with E-state index in [0.29, 0.717) is 0 Å². The predicted octanol–water partition coefficient (Wildman–Crippen LogP) is 1.56. The first-order valence-electron chi connectivity index (χ1n) is 4.58. The molecule has 3 heteroatoms. The molecular formula is C10H17N3. The average molecular weight is 179 g/mol. The Morgan fingerprint density at radius 3 is 3.00 bits per heavy atom. The molecule has 72 valence electrons. The fraction of sp³-hybridized carbons (Fsp3) is 0.500. The largest absolute Gasteiger partial charge is 0.324 e. The van der Waals surface area contributed by atoms with Crippen molar-refractivity contribution in [2.45, 2.75) is 25.8 Å². The highest BCUT2D eigenvalue weighted by molar-refractivity contribution is 5.21. The van der Waals surface area contributed by atoms with Crippen LogP contribution in [0, 0.1) is 0 Å². The molecule has 0 spiro atoms. The monoisotopic (exact) mass is 179 g/mol. The van der Waals surface area contributed by atoms with Crippen LogP contribution in [0.2, 0.25) is 0 Å². The van der Waals surface area contributed by atoms with Gasteiger partial charge < -0.3 is 5.73 Å². The van der Waals surface area contributed by atoms with Gasteiger partial charge in [-0.15, -0.1) is 6.58 Å². The molecule has 2 N–H and O–H groups in total. The molecule has 0 fully saturated rings. The van der Waals surface area contributed by atoms with Crippen molar-refractivity contribution in [3.63, 3.8) is 0 Å². The Bertz CT molecular complexity index is 288. The van der Waals surface area contributed by atoms with Crippen LogP contribution in [-0.2, 0) is 13.5 Å². The summed E-state index contributed by atoms with van der Waals surface area (Å²) in [5.74, 6) is 0. The van der Waals surface area contributed by atoms with Gasteiger partial charge in [0, 0.05) is 24.8 Å². The van der Waals surface area contributed by atoms with Crippen LogP contribution in [0.5, 0.6) is 0 Å². The highest BCUT2D eigenvalue weighted by Gasteiger charge is 2.11. The molecule has 0 aliphatic heterocycles. The zero-order chi connectivity index (χ0) is 9.84. The zero-order valence-electron chi connectivity index (χ0n) is 8.33. The second-order valence-corrected chi connectivity index (χ2v) is 3.19. The summed E-state index contributed by atoms with van der Waals surface area (Å²) in [6.45, 7) is 5.77. The molecule has 0 aromatic carbocycles. The van der Waals surface area contributed by atoms with Crippen LogP contribution in [-0.4, -0.2) is 9.78 Å². The van der Waals surface area contributed by atoms with Crippen LogP contribution in [0.15, 0.2) is 18.9 Å². The molecule has 0 aliphatic carbocycles. The fourth-order valence-electron chi connectivity index (χ4n) is 1.44. The molecule has 13 heavy (non-hydrogen) atoms. The van der Waals surface area contributed by atoms with Crippen LogP contribution in [0.4, 0.5) is 0 Å². The molecule has 0 aliphatic rings. The number of nitrogens with zero attached hydrogens (tertiary/aromatic N) is 2. The number of aromatic nitrogens is 2. The van der Waals surface area contributed by atoms with Gasteiger partial charge in [-0.05, 0) is 12.8 Å². The van der Waals surface area contributed by atoms with Gasteiger partial charge in [0.1, 0.15) is 0 Å². The normalized spacial score (nSPS) is 12.8. The summed E-state index contributed by atoms with van der Waals surface area (Å²) in [4.78, 5) is 0. The Labute approximate surface area is 79.2 Å². The Kier molecular flexibility index (Phi) is 3.25. The van der Waals surface area contributed by atoms with Crippen molar-refractivity contribution < 1.29 is 0 Å². The lowest BCUT2D eigenvalue weighted by molar-refractivity contribution is 0.730. The maximum absolute atomic E-state index is 5.97.